The van der Waals surface area contributed by atoms with Crippen molar-refractivity contribution in [3.63, 3.8) is 0 Å². The number of rotatable bonds is 1. The summed E-state index contributed by atoms with van der Waals surface area (Å²) in [5, 5.41) is 12.5. The summed E-state index contributed by atoms with van der Waals surface area (Å²) < 4.78 is 11.3. The number of nitrogens with zero attached hydrogens (tertiary/aromatic N) is 1. The Bertz CT molecular complexity index is 1440. The summed E-state index contributed by atoms with van der Waals surface area (Å²) in [6.45, 7) is 1.97. The summed E-state index contributed by atoms with van der Waals surface area (Å²) in [5.41, 5.74) is 8.95. The number of hydrogen-bond donors (Lipinski definition) is 1. The van der Waals surface area contributed by atoms with E-state index in [-0.39, 0.29) is 11.5 Å². The van der Waals surface area contributed by atoms with E-state index >= 15 is 0 Å². The molecule has 3 aromatic carbocycles. The van der Waals surface area contributed by atoms with Crippen LogP contribution < -0.4 is 16.1 Å². The molecule has 1 aliphatic rings. The summed E-state index contributed by atoms with van der Waals surface area (Å²) in [6, 6.07) is 21.0. The second-order valence-corrected chi connectivity index (χ2v) is 7.15. The van der Waals surface area contributed by atoms with Crippen molar-refractivity contribution < 1.29 is 9.15 Å². The Balaban J connectivity index is 1.90. The highest BCUT2D eigenvalue weighted by molar-refractivity contribution is 5.92. The zero-order chi connectivity index (χ0) is 20.1. The van der Waals surface area contributed by atoms with Crippen LogP contribution in [0.1, 0.15) is 22.6 Å². The zero-order valence-electron chi connectivity index (χ0n) is 15.6. The van der Waals surface area contributed by atoms with Crippen molar-refractivity contribution in [1.29, 1.82) is 5.26 Å². The van der Waals surface area contributed by atoms with Crippen LogP contribution in [-0.4, -0.2) is 0 Å². The topological polar surface area (TPSA) is 89.2 Å². The van der Waals surface area contributed by atoms with Crippen LogP contribution in [-0.2, 0) is 0 Å². The van der Waals surface area contributed by atoms with Crippen LogP contribution in [0.3, 0.4) is 0 Å². The van der Waals surface area contributed by atoms with E-state index in [1.54, 1.807) is 6.07 Å². The standard InChI is InChI=1S/C24H16N2O3/c1-13-6-9-20-17(10-13)18(11-21(27)28-20)22-16-8-7-14-4-2-3-5-15(14)23(16)29-24(26)19(22)12-25/h2-11,22H,26H2,1H3. The second kappa shape index (κ2) is 6.25. The third-order valence-corrected chi connectivity index (χ3v) is 5.35. The molecule has 0 spiro atoms. The highest BCUT2D eigenvalue weighted by Crippen LogP contribution is 2.46. The highest BCUT2D eigenvalue weighted by Gasteiger charge is 2.33. The summed E-state index contributed by atoms with van der Waals surface area (Å²) in [7, 11) is 0. The normalized spacial score (nSPS) is 15.8. The largest absolute Gasteiger partial charge is 0.440 e. The van der Waals surface area contributed by atoms with E-state index in [1.165, 1.54) is 6.07 Å². The molecule has 0 amide bonds. The number of ether oxygens (including phenoxy) is 1. The molecule has 0 saturated carbocycles. The van der Waals surface area contributed by atoms with Crippen molar-refractivity contribution in [2.24, 2.45) is 5.73 Å². The molecule has 0 aliphatic carbocycles. The summed E-state index contributed by atoms with van der Waals surface area (Å²) in [6.07, 6.45) is 0. The summed E-state index contributed by atoms with van der Waals surface area (Å²) >= 11 is 0. The van der Waals surface area contributed by atoms with Gasteiger partial charge in [-0.3, -0.25) is 0 Å². The first kappa shape index (κ1) is 17.1. The molecule has 1 aliphatic heterocycles. The van der Waals surface area contributed by atoms with Gasteiger partial charge in [-0.05, 0) is 30.0 Å². The minimum absolute atomic E-state index is 0.0513. The van der Waals surface area contributed by atoms with Gasteiger partial charge in [-0.25, -0.2) is 4.79 Å². The molecule has 0 radical (unpaired) electrons. The van der Waals surface area contributed by atoms with Crippen molar-refractivity contribution >= 4 is 21.7 Å². The van der Waals surface area contributed by atoms with Crippen molar-refractivity contribution in [3.05, 3.63) is 99.2 Å². The number of benzene rings is 3. The molecule has 0 bridgehead atoms. The Hall–Kier alpha value is -4.04. The van der Waals surface area contributed by atoms with E-state index in [0.717, 1.165) is 27.3 Å². The number of allylic oxidation sites excluding steroid dienone is 1. The summed E-state index contributed by atoms with van der Waals surface area (Å²) in [4.78, 5) is 12.3. The average molecular weight is 380 g/mol. The third-order valence-electron chi connectivity index (χ3n) is 5.35. The van der Waals surface area contributed by atoms with Gasteiger partial charge in [-0.2, -0.15) is 5.26 Å². The van der Waals surface area contributed by atoms with Gasteiger partial charge in [0, 0.05) is 22.4 Å². The Kier molecular flexibility index (Phi) is 3.68. The monoisotopic (exact) mass is 380 g/mol. The smallest absolute Gasteiger partial charge is 0.336 e. The fourth-order valence-electron chi connectivity index (χ4n) is 4.05. The predicted molar refractivity (Wildman–Crippen MR) is 110 cm³/mol. The number of nitriles is 1. The minimum atomic E-state index is -0.526. The minimum Gasteiger partial charge on any atom is -0.440 e. The van der Waals surface area contributed by atoms with Gasteiger partial charge in [0.25, 0.3) is 0 Å². The van der Waals surface area contributed by atoms with Crippen LogP contribution in [0, 0.1) is 18.3 Å². The van der Waals surface area contributed by atoms with E-state index in [1.807, 2.05) is 55.5 Å². The van der Waals surface area contributed by atoms with Gasteiger partial charge in [0.05, 0.1) is 5.92 Å². The van der Waals surface area contributed by atoms with E-state index in [4.69, 9.17) is 14.9 Å². The average Bonchev–Trinajstić information content (AvgIpc) is 2.72. The van der Waals surface area contributed by atoms with Crippen molar-refractivity contribution in [1.82, 2.24) is 0 Å². The quantitative estimate of drug-likeness (QED) is 0.492. The van der Waals surface area contributed by atoms with Crippen LogP contribution in [0.4, 0.5) is 0 Å². The van der Waals surface area contributed by atoms with Crippen LogP contribution in [0.25, 0.3) is 21.7 Å². The van der Waals surface area contributed by atoms with Gasteiger partial charge in [0.1, 0.15) is 23.0 Å². The second-order valence-electron chi connectivity index (χ2n) is 7.15. The molecule has 5 heteroatoms. The van der Waals surface area contributed by atoms with Crippen molar-refractivity contribution in [2.45, 2.75) is 12.8 Å². The molecule has 140 valence electrons. The van der Waals surface area contributed by atoms with Gasteiger partial charge < -0.3 is 14.9 Å². The maximum Gasteiger partial charge on any atom is 0.336 e. The number of hydrogen-bond acceptors (Lipinski definition) is 5. The highest BCUT2D eigenvalue weighted by atomic mass is 16.5. The zero-order valence-corrected chi connectivity index (χ0v) is 15.6. The van der Waals surface area contributed by atoms with Gasteiger partial charge in [0.15, 0.2) is 0 Å². The van der Waals surface area contributed by atoms with E-state index in [2.05, 4.69) is 6.07 Å². The van der Waals surface area contributed by atoms with E-state index in [9.17, 15) is 10.1 Å². The van der Waals surface area contributed by atoms with Crippen molar-refractivity contribution in [3.8, 4) is 11.8 Å². The molecule has 5 nitrogen and oxygen atoms in total. The van der Waals surface area contributed by atoms with Crippen LogP contribution in [0.5, 0.6) is 5.75 Å². The fourth-order valence-corrected chi connectivity index (χ4v) is 4.05. The van der Waals surface area contributed by atoms with Crippen molar-refractivity contribution in [2.75, 3.05) is 0 Å². The molecule has 2 heterocycles. The van der Waals surface area contributed by atoms with Crippen LogP contribution in [0.2, 0.25) is 0 Å². The Labute approximate surface area is 166 Å². The van der Waals surface area contributed by atoms with Gasteiger partial charge in [0.2, 0.25) is 5.88 Å². The first-order valence-corrected chi connectivity index (χ1v) is 9.20. The van der Waals surface area contributed by atoms with Crippen LogP contribution >= 0.6 is 0 Å². The molecule has 5 rings (SSSR count). The Morgan fingerprint density at radius 1 is 1.00 bits per heavy atom. The maximum atomic E-state index is 12.3. The lowest BCUT2D eigenvalue weighted by atomic mass is 9.81. The fraction of sp³-hybridized carbons (Fsp3) is 0.0833. The van der Waals surface area contributed by atoms with Gasteiger partial charge in [-0.1, -0.05) is 48.0 Å². The SMILES string of the molecule is Cc1ccc2oc(=O)cc(C3C(C#N)=C(N)Oc4c3ccc3ccccc43)c2c1. The molecular formula is C24H16N2O3. The molecule has 4 aromatic rings. The lowest BCUT2D eigenvalue weighted by Crippen LogP contribution is -2.22. The molecule has 0 fully saturated rings. The van der Waals surface area contributed by atoms with Gasteiger partial charge >= 0.3 is 5.63 Å². The lowest BCUT2D eigenvalue weighted by molar-refractivity contribution is 0.398. The number of aryl methyl sites for hydroxylation is 1. The number of nitrogens with two attached hydrogens (primary N) is 1. The molecule has 1 unspecified atom stereocenters. The molecule has 1 aromatic heterocycles. The predicted octanol–water partition coefficient (Wildman–Crippen LogP) is 4.47. The first-order valence-electron chi connectivity index (χ1n) is 9.20. The van der Waals surface area contributed by atoms with E-state index < -0.39 is 11.5 Å². The maximum absolute atomic E-state index is 12.3. The Morgan fingerprint density at radius 3 is 2.66 bits per heavy atom. The Morgan fingerprint density at radius 2 is 1.83 bits per heavy atom. The van der Waals surface area contributed by atoms with Crippen LogP contribution in [0.15, 0.2) is 81.3 Å². The first-order chi connectivity index (χ1) is 14.1. The molecule has 1 atom stereocenters. The molecular weight excluding hydrogens is 364 g/mol. The molecule has 0 saturated heterocycles. The summed E-state index contributed by atoms with van der Waals surface area (Å²) in [5.74, 6) is 0.135. The third kappa shape index (κ3) is 2.58. The van der Waals surface area contributed by atoms with E-state index in [0.29, 0.717) is 16.9 Å². The molecule has 29 heavy (non-hydrogen) atoms. The molecule has 2 N–H and O–H groups in total. The number of fused-ring (bicyclic) bond motifs is 4. The lowest BCUT2D eigenvalue weighted by Gasteiger charge is -2.28. The van der Waals surface area contributed by atoms with Gasteiger partial charge in [-0.15, -0.1) is 0 Å².